The Hall–Kier alpha value is -1.63. The summed E-state index contributed by atoms with van der Waals surface area (Å²) in [5.41, 5.74) is 1.72. The van der Waals surface area contributed by atoms with Crippen molar-refractivity contribution in [3.63, 3.8) is 0 Å². The number of aliphatic carboxylic acids is 1. The summed E-state index contributed by atoms with van der Waals surface area (Å²) in [5.74, 6) is -0.141. The van der Waals surface area contributed by atoms with Crippen LogP contribution >= 0.6 is 0 Å². The predicted octanol–water partition coefficient (Wildman–Crippen LogP) is 3.91. The van der Waals surface area contributed by atoms with Crippen molar-refractivity contribution in [3.8, 4) is 5.75 Å². The van der Waals surface area contributed by atoms with Gasteiger partial charge in [0.15, 0.2) is 0 Å². The molecule has 0 fully saturated rings. The van der Waals surface area contributed by atoms with Crippen molar-refractivity contribution in [1.29, 1.82) is 0 Å². The minimum atomic E-state index is -0.980. The number of hydrogen-bond acceptors (Lipinski definition) is 5. The van der Waals surface area contributed by atoms with Crippen molar-refractivity contribution in [2.45, 2.75) is 46.5 Å². The van der Waals surface area contributed by atoms with Gasteiger partial charge < -0.3 is 24.1 Å². The van der Waals surface area contributed by atoms with E-state index in [1.165, 1.54) is 5.56 Å². The second-order valence-electron chi connectivity index (χ2n) is 8.67. The lowest BCUT2D eigenvalue weighted by molar-refractivity contribution is -0.142. The Labute approximate surface area is 169 Å². The zero-order valence-corrected chi connectivity index (χ0v) is 18.0. The summed E-state index contributed by atoms with van der Waals surface area (Å²) in [6.45, 7) is 13.5. The number of carboxylic acids is 1. The molecule has 0 aliphatic carbocycles. The quantitative estimate of drug-likeness (QED) is 0.481. The molecule has 0 amide bonds. The first-order valence-electron chi connectivity index (χ1n) is 9.78. The van der Waals surface area contributed by atoms with Crippen molar-refractivity contribution in [2.24, 2.45) is 5.41 Å². The van der Waals surface area contributed by atoms with Crippen molar-refractivity contribution in [3.05, 3.63) is 29.8 Å². The van der Waals surface area contributed by atoms with Gasteiger partial charge in [0, 0.05) is 0 Å². The molecule has 6 heteroatoms. The van der Waals surface area contributed by atoms with Gasteiger partial charge in [-0.15, -0.1) is 0 Å². The van der Waals surface area contributed by atoms with Crippen LogP contribution < -0.4 is 4.74 Å². The molecule has 0 saturated heterocycles. The Morgan fingerprint density at radius 1 is 0.821 bits per heavy atom. The van der Waals surface area contributed by atoms with E-state index >= 15 is 0 Å². The summed E-state index contributed by atoms with van der Waals surface area (Å²) in [5, 5.41) is 8.41. The van der Waals surface area contributed by atoms with Gasteiger partial charge in [0.1, 0.15) is 19.0 Å². The van der Waals surface area contributed by atoms with Gasteiger partial charge in [-0.3, -0.25) is 0 Å². The Bertz CT molecular complexity index is 559. The van der Waals surface area contributed by atoms with Crippen LogP contribution in [0.4, 0.5) is 0 Å². The first kappa shape index (κ1) is 24.4. The second kappa shape index (κ2) is 12.0. The minimum absolute atomic E-state index is 0.124. The highest BCUT2D eigenvalue weighted by Gasteiger charge is 2.27. The van der Waals surface area contributed by atoms with E-state index in [1.54, 1.807) is 0 Å². The molecule has 0 spiro atoms. The van der Waals surface area contributed by atoms with Gasteiger partial charge in [-0.1, -0.05) is 46.8 Å². The number of benzene rings is 1. The fraction of sp³-hybridized carbons (Fsp3) is 0.682. The molecule has 0 heterocycles. The molecule has 0 aliphatic rings. The predicted molar refractivity (Wildman–Crippen MR) is 109 cm³/mol. The van der Waals surface area contributed by atoms with Gasteiger partial charge >= 0.3 is 5.97 Å². The fourth-order valence-electron chi connectivity index (χ4n) is 3.25. The van der Waals surface area contributed by atoms with E-state index in [1.807, 2.05) is 12.1 Å². The molecule has 28 heavy (non-hydrogen) atoms. The van der Waals surface area contributed by atoms with Gasteiger partial charge in [-0.25, -0.2) is 4.79 Å². The molecule has 0 atom stereocenters. The Morgan fingerprint density at radius 3 is 1.82 bits per heavy atom. The van der Waals surface area contributed by atoms with Gasteiger partial charge in [-0.05, 0) is 34.9 Å². The third-order valence-electron chi connectivity index (χ3n) is 4.07. The zero-order valence-electron chi connectivity index (χ0n) is 18.0. The molecule has 1 aromatic rings. The first-order valence-corrected chi connectivity index (χ1v) is 9.78. The topological polar surface area (TPSA) is 74.2 Å². The molecule has 0 aromatic heterocycles. The Balaban J connectivity index is 2.14. The molecule has 0 saturated carbocycles. The SMILES string of the molecule is CC(C)(C)CC(C)(C)c1ccc(OCCOCCOCCOCC(=O)O)cc1. The van der Waals surface area contributed by atoms with E-state index in [0.717, 1.165) is 12.2 Å². The highest BCUT2D eigenvalue weighted by molar-refractivity contribution is 5.67. The zero-order chi connectivity index (χ0) is 21.0. The maximum absolute atomic E-state index is 10.2. The molecule has 0 aliphatic heterocycles. The molecular formula is C22H36O6. The van der Waals surface area contributed by atoms with Crippen LogP contribution in [-0.2, 0) is 24.4 Å². The molecule has 6 nitrogen and oxygen atoms in total. The minimum Gasteiger partial charge on any atom is -0.491 e. The lowest BCUT2D eigenvalue weighted by Gasteiger charge is -2.33. The van der Waals surface area contributed by atoms with Crippen LogP contribution in [-0.4, -0.2) is 57.3 Å². The molecule has 1 aromatic carbocycles. The normalized spacial score (nSPS) is 12.2. The first-order chi connectivity index (χ1) is 13.1. The van der Waals surface area contributed by atoms with Gasteiger partial charge in [0.25, 0.3) is 0 Å². The summed E-state index contributed by atoms with van der Waals surface area (Å²) >= 11 is 0. The number of carbonyl (C=O) groups is 1. The Morgan fingerprint density at radius 2 is 1.32 bits per heavy atom. The molecule has 0 radical (unpaired) electrons. The summed E-state index contributed by atoms with van der Waals surface area (Å²) in [7, 11) is 0. The number of hydrogen-bond donors (Lipinski definition) is 1. The van der Waals surface area contributed by atoms with Gasteiger partial charge in [0.2, 0.25) is 0 Å². The van der Waals surface area contributed by atoms with Crippen LogP contribution in [0.25, 0.3) is 0 Å². The lowest BCUT2D eigenvalue weighted by Crippen LogP contribution is -2.24. The molecule has 1 rings (SSSR count). The average Bonchev–Trinajstić information content (AvgIpc) is 2.57. The van der Waals surface area contributed by atoms with Crippen molar-refractivity contribution in [1.82, 2.24) is 0 Å². The fourth-order valence-corrected chi connectivity index (χ4v) is 3.25. The van der Waals surface area contributed by atoms with E-state index in [2.05, 4.69) is 46.8 Å². The van der Waals surface area contributed by atoms with E-state index in [4.69, 9.17) is 24.1 Å². The van der Waals surface area contributed by atoms with E-state index in [-0.39, 0.29) is 24.0 Å². The number of ether oxygens (including phenoxy) is 4. The monoisotopic (exact) mass is 396 g/mol. The smallest absolute Gasteiger partial charge is 0.329 e. The van der Waals surface area contributed by atoms with Crippen LogP contribution in [0.3, 0.4) is 0 Å². The maximum Gasteiger partial charge on any atom is 0.329 e. The van der Waals surface area contributed by atoms with E-state index < -0.39 is 5.97 Å². The molecular weight excluding hydrogens is 360 g/mol. The molecule has 1 N–H and O–H groups in total. The van der Waals surface area contributed by atoms with Crippen LogP contribution in [0.5, 0.6) is 5.75 Å². The number of rotatable bonds is 14. The van der Waals surface area contributed by atoms with E-state index in [0.29, 0.717) is 33.0 Å². The van der Waals surface area contributed by atoms with Crippen LogP contribution in [0.2, 0.25) is 0 Å². The standard InChI is InChI=1S/C22H36O6/c1-21(2,3)17-22(4,5)18-6-8-19(9-7-18)28-15-14-26-11-10-25-12-13-27-16-20(23)24/h6-9H,10-17H2,1-5H3,(H,23,24). The summed E-state index contributed by atoms with van der Waals surface area (Å²) in [4.78, 5) is 10.2. The van der Waals surface area contributed by atoms with Gasteiger partial charge in [-0.2, -0.15) is 0 Å². The highest BCUT2D eigenvalue weighted by Crippen LogP contribution is 2.36. The van der Waals surface area contributed by atoms with Crippen molar-refractivity contribution < 1.29 is 28.8 Å². The van der Waals surface area contributed by atoms with Crippen molar-refractivity contribution >= 4 is 5.97 Å². The average molecular weight is 397 g/mol. The summed E-state index contributed by atoms with van der Waals surface area (Å²) in [6, 6.07) is 8.31. The largest absolute Gasteiger partial charge is 0.491 e. The molecule has 0 unspecified atom stereocenters. The van der Waals surface area contributed by atoms with Gasteiger partial charge in [0.05, 0.1) is 33.0 Å². The third kappa shape index (κ3) is 11.3. The molecule has 0 bridgehead atoms. The number of carboxylic acid groups (broad SMARTS) is 1. The summed E-state index contributed by atoms with van der Waals surface area (Å²) < 4.78 is 21.3. The van der Waals surface area contributed by atoms with Crippen LogP contribution in [0, 0.1) is 5.41 Å². The van der Waals surface area contributed by atoms with Crippen LogP contribution in [0.15, 0.2) is 24.3 Å². The Kier molecular flexibility index (Phi) is 10.5. The highest BCUT2D eigenvalue weighted by atomic mass is 16.6. The second-order valence-corrected chi connectivity index (χ2v) is 8.67. The van der Waals surface area contributed by atoms with Crippen LogP contribution in [0.1, 0.15) is 46.6 Å². The summed E-state index contributed by atoms with van der Waals surface area (Å²) in [6.07, 6.45) is 1.11. The maximum atomic E-state index is 10.2. The lowest BCUT2D eigenvalue weighted by atomic mass is 9.72. The molecule has 160 valence electrons. The van der Waals surface area contributed by atoms with E-state index in [9.17, 15) is 4.79 Å². The van der Waals surface area contributed by atoms with Crippen molar-refractivity contribution in [2.75, 3.05) is 46.2 Å². The third-order valence-corrected chi connectivity index (χ3v) is 4.07.